The zero-order valence-corrected chi connectivity index (χ0v) is 14.7. The number of aromatic amines is 1. The number of H-pyrrole nitrogens is 1. The van der Waals surface area contributed by atoms with Crippen LogP contribution in [0.5, 0.6) is 0 Å². The van der Waals surface area contributed by atoms with E-state index in [0.717, 1.165) is 42.5 Å². The van der Waals surface area contributed by atoms with E-state index in [1.165, 1.54) is 38.5 Å². The predicted octanol–water partition coefficient (Wildman–Crippen LogP) is 4.00. The Balaban J connectivity index is 1.57. The van der Waals surface area contributed by atoms with E-state index in [9.17, 15) is 4.39 Å². The van der Waals surface area contributed by atoms with Crippen molar-refractivity contribution in [2.45, 2.75) is 57.7 Å². The summed E-state index contributed by atoms with van der Waals surface area (Å²) in [6.07, 6.45) is 11.7. The molecule has 4 nitrogen and oxygen atoms in total. The summed E-state index contributed by atoms with van der Waals surface area (Å²) in [6, 6.07) is 5.62. The second-order valence-electron chi connectivity index (χ2n) is 7.49. The van der Waals surface area contributed by atoms with Crippen molar-refractivity contribution in [3.05, 3.63) is 47.8 Å². The molecule has 1 aromatic heterocycles. The zero-order valence-electron chi connectivity index (χ0n) is 14.7. The Morgan fingerprint density at radius 1 is 1.20 bits per heavy atom. The number of nitrogens with zero attached hydrogens (tertiary/aromatic N) is 2. The van der Waals surface area contributed by atoms with Gasteiger partial charge in [-0.15, -0.1) is 0 Å². The van der Waals surface area contributed by atoms with Crippen LogP contribution in [0, 0.1) is 11.7 Å². The number of benzene rings is 1. The molecule has 4 rings (SSSR count). The summed E-state index contributed by atoms with van der Waals surface area (Å²) < 4.78 is 13.7. The maximum atomic E-state index is 13.7. The quantitative estimate of drug-likeness (QED) is 0.863. The molecule has 2 aromatic rings. The third-order valence-electron chi connectivity index (χ3n) is 5.77. The lowest BCUT2D eigenvalue weighted by molar-refractivity contribution is 0.423. The fraction of sp³-hybridized carbons (Fsp3) is 0.550. The lowest BCUT2D eigenvalue weighted by Crippen LogP contribution is -2.40. The van der Waals surface area contributed by atoms with Crippen molar-refractivity contribution in [1.82, 2.24) is 15.3 Å². The van der Waals surface area contributed by atoms with E-state index in [0.29, 0.717) is 6.04 Å². The number of anilines is 1. The van der Waals surface area contributed by atoms with Gasteiger partial charge in [-0.2, -0.15) is 0 Å². The third kappa shape index (κ3) is 3.87. The first-order valence-electron chi connectivity index (χ1n) is 9.52. The molecule has 1 aliphatic carbocycles. The van der Waals surface area contributed by atoms with E-state index >= 15 is 0 Å². The molecule has 1 aromatic carbocycles. The van der Waals surface area contributed by atoms with Gasteiger partial charge in [0.25, 0.3) is 0 Å². The van der Waals surface area contributed by atoms with Crippen LogP contribution in [-0.2, 0) is 13.1 Å². The standard InChI is InChI=1S/C20H27FN4/c21-17-6-8-20-16(9-17)10-22-12-19(7-5-15-3-1-2-4-15)25(20)13-18-11-23-14-24-18/h6,8-9,11,14-15,19,22H,1-5,7,10,12-13H2,(H,23,24). The average molecular weight is 342 g/mol. The van der Waals surface area contributed by atoms with Crippen LogP contribution in [0.2, 0.25) is 0 Å². The molecule has 1 saturated carbocycles. The largest absolute Gasteiger partial charge is 0.361 e. The van der Waals surface area contributed by atoms with Crippen molar-refractivity contribution >= 4 is 5.69 Å². The second-order valence-corrected chi connectivity index (χ2v) is 7.49. The Morgan fingerprint density at radius 3 is 2.88 bits per heavy atom. The number of aromatic nitrogens is 2. The maximum Gasteiger partial charge on any atom is 0.123 e. The van der Waals surface area contributed by atoms with Gasteiger partial charge in [-0.3, -0.25) is 0 Å². The highest BCUT2D eigenvalue weighted by molar-refractivity contribution is 5.55. The van der Waals surface area contributed by atoms with Crippen LogP contribution in [0.3, 0.4) is 0 Å². The molecule has 0 amide bonds. The van der Waals surface area contributed by atoms with Gasteiger partial charge < -0.3 is 15.2 Å². The number of nitrogens with one attached hydrogen (secondary N) is 2. The van der Waals surface area contributed by atoms with Gasteiger partial charge in [0, 0.05) is 31.0 Å². The highest BCUT2D eigenvalue weighted by Gasteiger charge is 2.26. The van der Waals surface area contributed by atoms with E-state index in [4.69, 9.17) is 0 Å². The van der Waals surface area contributed by atoms with Gasteiger partial charge in [0.1, 0.15) is 5.82 Å². The minimum Gasteiger partial charge on any atom is -0.361 e. The molecule has 2 aliphatic rings. The van der Waals surface area contributed by atoms with Crippen molar-refractivity contribution in [2.24, 2.45) is 5.92 Å². The molecule has 1 aliphatic heterocycles. The van der Waals surface area contributed by atoms with Gasteiger partial charge >= 0.3 is 0 Å². The van der Waals surface area contributed by atoms with Gasteiger partial charge in [0.2, 0.25) is 0 Å². The molecule has 1 fully saturated rings. The Kier molecular flexibility index (Phi) is 5.02. The fourth-order valence-electron chi connectivity index (χ4n) is 4.41. The molecule has 134 valence electrons. The molecule has 1 atom stereocenters. The topological polar surface area (TPSA) is 44.0 Å². The molecule has 0 saturated heterocycles. The molecule has 0 radical (unpaired) electrons. The summed E-state index contributed by atoms with van der Waals surface area (Å²) in [7, 11) is 0. The van der Waals surface area contributed by atoms with Crippen LogP contribution < -0.4 is 10.2 Å². The summed E-state index contributed by atoms with van der Waals surface area (Å²) in [6.45, 7) is 2.46. The summed E-state index contributed by atoms with van der Waals surface area (Å²) in [5.74, 6) is 0.733. The van der Waals surface area contributed by atoms with Gasteiger partial charge in [0.15, 0.2) is 0 Å². The summed E-state index contributed by atoms with van der Waals surface area (Å²) in [5, 5.41) is 3.53. The molecule has 1 unspecified atom stereocenters. The van der Waals surface area contributed by atoms with E-state index in [1.807, 2.05) is 12.3 Å². The first-order chi connectivity index (χ1) is 12.3. The van der Waals surface area contributed by atoms with Crippen molar-refractivity contribution in [1.29, 1.82) is 0 Å². The number of fused-ring (bicyclic) bond motifs is 1. The van der Waals surface area contributed by atoms with E-state index < -0.39 is 0 Å². The lowest BCUT2D eigenvalue weighted by atomic mass is 9.97. The van der Waals surface area contributed by atoms with Gasteiger partial charge in [-0.1, -0.05) is 25.7 Å². The fourth-order valence-corrected chi connectivity index (χ4v) is 4.41. The second kappa shape index (κ2) is 7.56. The lowest BCUT2D eigenvalue weighted by Gasteiger charge is -2.33. The van der Waals surface area contributed by atoms with Crippen LogP contribution in [0.4, 0.5) is 10.1 Å². The summed E-state index contributed by atoms with van der Waals surface area (Å²) in [4.78, 5) is 9.82. The predicted molar refractivity (Wildman–Crippen MR) is 97.9 cm³/mol. The van der Waals surface area contributed by atoms with Crippen LogP contribution in [0.15, 0.2) is 30.7 Å². The van der Waals surface area contributed by atoms with Crippen LogP contribution in [0.25, 0.3) is 0 Å². The molecular formula is C20H27FN4. The molecule has 25 heavy (non-hydrogen) atoms. The number of rotatable bonds is 5. The van der Waals surface area contributed by atoms with Crippen LogP contribution >= 0.6 is 0 Å². The smallest absolute Gasteiger partial charge is 0.123 e. The normalized spacial score (nSPS) is 21.3. The average Bonchev–Trinajstić information content (AvgIpc) is 3.27. The highest BCUT2D eigenvalue weighted by Crippen LogP contribution is 2.33. The minimum atomic E-state index is -0.161. The molecule has 5 heteroatoms. The Labute approximate surface area is 148 Å². The van der Waals surface area contributed by atoms with Crippen molar-refractivity contribution < 1.29 is 4.39 Å². The van der Waals surface area contributed by atoms with Gasteiger partial charge in [-0.25, -0.2) is 9.37 Å². The Hall–Kier alpha value is -1.88. The molecule has 0 bridgehead atoms. The van der Waals surface area contributed by atoms with Crippen LogP contribution in [0.1, 0.15) is 49.8 Å². The monoisotopic (exact) mass is 342 g/mol. The number of halogens is 1. The molecule has 2 N–H and O–H groups in total. The third-order valence-corrected chi connectivity index (χ3v) is 5.77. The number of hydrogen-bond acceptors (Lipinski definition) is 3. The number of hydrogen-bond donors (Lipinski definition) is 2. The van der Waals surface area contributed by atoms with E-state index in [1.54, 1.807) is 18.5 Å². The zero-order chi connectivity index (χ0) is 17.1. The highest BCUT2D eigenvalue weighted by atomic mass is 19.1. The summed E-state index contributed by atoms with van der Waals surface area (Å²) in [5.41, 5.74) is 3.29. The van der Waals surface area contributed by atoms with E-state index in [-0.39, 0.29) is 5.82 Å². The molecular weight excluding hydrogens is 315 g/mol. The first kappa shape index (κ1) is 16.6. The van der Waals surface area contributed by atoms with E-state index in [2.05, 4.69) is 20.2 Å². The molecule has 2 heterocycles. The van der Waals surface area contributed by atoms with Crippen LogP contribution in [-0.4, -0.2) is 22.6 Å². The minimum absolute atomic E-state index is 0.161. The molecule has 0 spiro atoms. The number of imidazole rings is 1. The van der Waals surface area contributed by atoms with Gasteiger partial charge in [-0.05, 0) is 42.5 Å². The SMILES string of the molecule is Fc1ccc2c(c1)CNCC(CCC1CCCC1)N2Cc1cnc[nH]1. The van der Waals surface area contributed by atoms with Crippen molar-refractivity contribution in [2.75, 3.05) is 11.4 Å². The van der Waals surface area contributed by atoms with Crippen molar-refractivity contribution in [3.8, 4) is 0 Å². The van der Waals surface area contributed by atoms with Gasteiger partial charge in [0.05, 0.1) is 18.6 Å². The Bertz CT molecular complexity index is 679. The Morgan fingerprint density at radius 2 is 2.08 bits per heavy atom. The first-order valence-corrected chi connectivity index (χ1v) is 9.52. The van der Waals surface area contributed by atoms with Crippen molar-refractivity contribution in [3.63, 3.8) is 0 Å². The maximum absolute atomic E-state index is 13.7. The summed E-state index contributed by atoms with van der Waals surface area (Å²) >= 11 is 0.